The number of rotatable bonds is 10. The summed E-state index contributed by atoms with van der Waals surface area (Å²) in [5.41, 5.74) is 1.21. The highest BCUT2D eigenvalue weighted by molar-refractivity contribution is 5.76. The predicted molar refractivity (Wildman–Crippen MR) is 79.6 cm³/mol. The van der Waals surface area contributed by atoms with Crippen LogP contribution < -0.4 is 5.32 Å². The molecule has 1 rings (SSSR count). The summed E-state index contributed by atoms with van der Waals surface area (Å²) in [6.07, 6.45) is 5.94. The van der Waals surface area contributed by atoms with E-state index in [2.05, 4.69) is 10.3 Å². The number of carbonyl (C=O) groups is 1. The maximum atomic E-state index is 11.9. The summed E-state index contributed by atoms with van der Waals surface area (Å²) in [5, 5.41) is 3.24. The van der Waals surface area contributed by atoms with Crippen LogP contribution >= 0.6 is 0 Å². The molecule has 0 aliphatic rings. The maximum Gasteiger partial charge on any atom is 0.223 e. The highest BCUT2D eigenvalue weighted by atomic mass is 16.5. The third kappa shape index (κ3) is 7.21. The van der Waals surface area contributed by atoms with Gasteiger partial charge in [0.25, 0.3) is 0 Å². The number of likely N-dealkylation sites (N-methyl/N-ethyl adjacent to an activating group) is 1. The van der Waals surface area contributed by atoms with Gasteiger partial charge in [-0.05, 0) is 37.1 Å². The van der Waals surface area contributed by atoms with E-state index in [0.29, 0.717) is 6.42 Å². The quantitative estimate of drug-likeness (QED) is 0.652. The topological polar surface area (TPSA) is 54.5 Å². The molecule has 0 atom stereocenters. The van der Waals surface area contributed by atoms with Gasteiger partial charge < -0.3 is 15.0 Å². The molecule has 1 aromatic rings. The van der Waals surface area contributed by atoms with Crippen LogP contribution in [0.5, 0.6) is 0 Å². The Morgan fingerprint density at radius 1 is 1.35 bits per heavy atom. The second-order valence-electron chi connectivity index (χ2n) is 4.77. The lowest BCUT2D eigenvalue weighted by Crippen LogP contribution is -2.31. The van der Waals surface area contributed by atoms with Crippen LogP contribution in [0.3, 0.4) is 0 Å². The average Bonchev–Trinajstić information content (AvgIpc) is 2.49. The molecule has 1 N–H and O–H groups in total. The molecule has 0 aliphatic carbocycles. The molecule has 0 unspecified atom stereocenters. The summed E-state index contributed by atoms with van der Waals surface area (Å²) >= 11 is 0. The van der Waals surface area contributed by atoms with Gasteiger partial charge >= 0.3 is 0 Å². The van der Waals surface area contributed by atoms with Crippen molar-refractivity contribution in [2.45, 2.75) is 19.3 Å². The van der Waals surface area contributed by atoms with Gasteiger partial charge in [-0.3, -0.25) is 9.78 Å². The van der Waals surface area contributed by atoms with Crippen molar-refractivity contribution in [2.24, 2.45) is 0 Å². The SMILES string of the molecule is COCCCNCCC(=O)N(C)CCc1ccncc1. The Kier molecular flexibility index (Phi) is 8.58. The summed E-state index contributed by atoms with van der Waals surface area (Å²) in [6.45, 7) is 3.11. The minimum Gasteiger partial charge on any atom is -0.385 e. The van der Waals surface area contributed by atoms with Crippen molar-refractivity contribution in [1.82, 2.24) is 15.2 Å². The van der Waals surface area contributed by atoms with E-state index in [4.69, 9.17) is 4.74 Å². The smallest absolute Gasteiger partial charge is 0.223 e. The minimum atomic E-state index is 0.179. The van der Waals surface area contributed by atoms with E-state index in [9.17, 15) is 4.79 Å². The first-order valence-electron chi connectivity index (χ1n) is 7.06. The molecule has 0 aliphatic heterocycles. The molecule has 112 valence electrons. The van der Waals surface area contributed by atoms with E-state index >= 15 is 0 Å². The number of methoxy groups -OCH3 is 1. The highest BCUT2D eigenvalue weighted by Gasteiger charge is 2.07. The van der Waals surface area contributed by atoms with Crippen LogP contribution in [0.4, 0.5) is 0 Å². The first kappa shape index (κ1) is 16.6. The number of amides is 1. The zero-order valence-electron chi connectivity index (χ0n) is 12.5. The molecule has 0 aromatic carbocycles. The van der Waals surface area contributed by atoms with Crippen LogP contribution in [0.2, 0.25) is 0 Å². The number of ether oxygens (including phenoxy) is 1. The third-order valence-electron chi connectivity index (χ3n) is 3.13. The molecule has 0 saturated heterocycles. The molecule has 5 nitrogen and oxygen atoms in total. The molecule has 0 fully saturated rings. The van der Waals surface area contributed by atoms with E-state index < -0.39 is 0 Å². The van der Waals surface area contributed by atoms with Crippen molar-refractivity contribution in [3.05, 3.63) is 30.1 Å². The Morgan fingerprint density at radius 3 is 2.80 bits per heavy atom. The standard InChI is InChI=1S/C15H25N3O2/c1-18(12-7-14-4-9-17-10-5-14)15(19)6-11-16-8-3-13-20-2/h4-5,9-10,16H,3,6-8,11-13H2,1-2H3. The van der Waals surface area contributed by atoms with Crippen molar-refractivity contribution < 1.29 is 9.53 Å². The number of carbonyl (C=O) groups excluding carboxylic acids is 1. The van der Waals surface area contributed by atoms with Gasteiger partial charge in [0.2, 0.25) is 5.91 Å². The maximum absolute atomic E-state index is 11.9. The fourth-order valence-corrected chi connectivity index (χ4v) is 1.82. The summed E-state index contributed by atoms with van der Waals surface area (Å²) in [5.74, 6) is 0.179. The van der Waals surface area contributed by atoms with Crippen molar-refractivity contribution in [1.29, 1.82) is 0 Å². The number of pyridine rings is 1. The van der Waals surface area contributed by atoms with E-state index in [1.807, 2.05) is 19.2 Å². The molecule has 0 radical (unpaired) electrons. The van der Waals surface area contributed by atoms with Crippen molar-refractivity contribution in [2.75, 3.05) is 40.4 Å². The van der Waals surface area contributed by atoms with Gasteiger partial charge in [-0.15, -0.1) is 0 Å². The van der Waals surface area contributed by atoms with Gasteiger partial charge in [-0.1, -0.05) is 0 Å². The Labute approximate surface area is 121 Å². The number of aromatic nitrogens is 1. The van der Waals surface area contributed by atoms with E-state index in [1.54, 1.807) is 24.4 Å². The lowest BCUT2D eigenvalue weighted by molar-refractivity contribution is -0.129. The van der Waals surface area contributed by atoms with Crippen LogP contribution in [-0.2, 0) is 16.0 Å². The molecule has 5 heteroatoms. The molecule has 1 heterocycles. The summed E-state index contributed by atoms with van der Waals surface area (Å²) in [7, 11) is 3.55. The number of nitrogens with zero attached hydrogens (tertiary/aromatic N) is 2. The zero-order valence-corrected chi connectivity index (χ0v) is 12.5. The summed E-state index contributed by atoms with van der Waals surface area (Å²) in [4.78, 5) is 17.7. The van der Waals surface area contributed by atoms with E-state index in [-0.39, 0.29) is 5.91 Å². The lowest BCUT2D eigenvalue weighted by atomic mass is 10.2. The minimum absolute atomic E-state index is 0.179. The molecule has 1 amide bonds. The summed E-state index contributed by atoms with van der Waals surface area (Å²) < 4.78 is 4.96. The molecule has 1 aromatic heterocycles. The van der Waals surface area contributed by atoms with Crippen LogP contribution in [0.1, 0.15) is 18.4 Å². The zero-order chi connectivity index (χ0) is 14.6. The monoisotopic (exact) mass is 279 g/mol. The Hall–Kier alpha value is -1.46. The Morgan fingerprint density at radius 2 is 2.10 bits per heavy atom. The van der Waals surface area contributed by atoms with Crippen LogP contribution in [0.25, 0.3) is 0 Å². The number of hydrogen-bond donors (Lipinski definition) is 1. The fraction of sp³-hybridized carbons (Fsp3) is 0.600. The van der Waals surface area contributed by atoms with Crippen molar-refractivity contribution in [3.63, 3.8) is 0 Å². The average molecular weight is 279 g/mol. The van der Waals surface area contributed by atoms with E-state index in [1.165, 1.54) is 5.56 Å². The van der Waals surface area contributed by atoms with Crippen molar-refractivity contribution in [3.8, 4) is 0 Å². The van der Waals surface area contributed by atoms with Crippen LogP contribution in [0, 0.1) is 0 Å². The predicted octanol–water partition coefficient (Wildman–Crippen LogP) is 1.10. The lowest BCUT2D eigenvalue weighted by Gasteiger charge is -2.17. The van der Waals surface area contributed by atoms with Crippen LogP contribution in [-0.4, -0.2) is 56.2 Å². The summed E-state index contributed by atoms with van der Waals surface area (Å²) in [6, 6.07) is 3.96. The first-order chi connectivity index (χ1) is 9.74. The van der Waals surface area contributed by atoms with Crippen molar-refractivity contribution >= 4 is 5.91 Å². The van der Waals surface area contributed by atoms with E-state index in [0.717, 1.165) is 39.1 Å². The second-order valence-corrected chi connectivity index (χ2v) is 4.77. The number of nitrogens with one attached hydrogen (secondary N) is 1. The molecule has 0 bridgehead atoms. The second kappa shape index (κ2) is 10.3. The molecule has 20 heavy (non-hydrogen) atoms. The highest BCUT2D eigenvalue weighted by Crippen LogP contribution is 2.00. The van der Waals surface area contributed by atoms with Gasteiger partial charge in [0.05, 0.1) is 0 Å². The largest absolute Gasteiger partial charge is 0.385 e. The molecular weight excluding hydrogens is 254 g/mol. The Balaban J connectivity index is 2.10. The molecule has 0 spiro atoms. The third-order valence-corrected chi connectivity index (χ3v) is 3.13. The molecular formula is C15H25N3O2. The van der Waals surface area contributed by atoms with Gasteiger partial charge in [0.15, 0.2) is 0 Å². The first-order valence-corrected chi connectivity index (χ1v) is 7.06. The van der Waals surface area contributed by atoms with Gasteiger partial charge in [-0.25, -0.2) is 0 Å². The Bertz CT molecular complexity index is 371. The normalized spacial score (nSPS) is 10.5. The van der Waals surface area contributed by atoms with Gasteiger partial charge in [-0.2, -0.15) is 0 Å². The fourth-order valence-electron chi connectivity index (χ4n) is 1.82. The number of hydrogen-bond acceptors (Lipinski definition) is 4. The van der Waals surface area contributed by atoms with Crippen LogP contribution in [0.15, 0.2) is 24.5 Å². The van der Waals surface area contributed by atoms with Gasteiger partial charge in [0, 0.05) is 52.7 Å². The molecule has 0 saturated carbocycles. The van der Waals surface area contributed by atoms with Gasteiger partial charge in [0.1, 0.15) is 0 Å².